The van der Waals surface area contributed by atoms with Crippen LogP contribution in [-0.2, 0) is 14.2 Å². The number of hydrogen-bond acceptors (Lipinski definition) is 6. The topological polar surface area (TPSA) is 88.4 Å². The van der Waals surface area contributed by atoms with Crippen LogP contribution in [0, 0.1) is 76.9 Å². The number of unbranched alkanes of at least 4 members (excludes halogenated alkanes) is 1. The minimum atomic E-state index is -2.50. The molecule has 0 aliphatic rings. The standard InChI is InChI=1S/C7H16O.C6H13F.3C6H14O.C5H11Br.C5H11Cl.C5H10F2.C5H11F.2C5H12O.2C5H12/c1-7(2)5-3-4-6-8;1-6(2)4-3-5-7;1-6(2)4-5-7-3;1-6(2)4-3-5-7;1-4-7-5-6(2)3;2*1-5(2)3-4-6;1-4(2)3-5(6)7;1-5(2)3-4-6;1-5(2)4-6-3;1-5(2)3-4-6;2*1-4-5(2)3/h7-8H,3-6H2,1-2H3;6H,3-5H2,1-2H3;6H,4-5H2,1-3H3;6-7H,3-5H2,1-2H3;6H,4-5H2,1-3H3;2*5H,3-4H2,1-2H3;4-5H,3H2,1-2H3;5H,3-4H2,1-2H3;5H,4H2,1-3H3;5-6H,3-4H2,1-2H3;2*5H,4H2,1-3H3/i;;;;;;;;;;;1D3,4D2;. The zero-order chi connectivity index (χ0) is 72.9. The van der Waals surface area contributed by atoms with Crippen LogP contribution < -0.4 is 0 Å². The molecule has 0 aromatic heterocycles. The van der Waals surface area contributed by atoms with Crippen molar-refractivity contribution in [3.63, 3.8) is 0 Å². The maximum atomic E-state index is 11.4. The molecule has 83 heavy (non-hydrogen) atoms. The second-order valence-corrected chi connectivity index (χ2v) is 27.0. The van der Waals surface area contributed by atoms with E-state index in [0.717, 1.165) is 118 Å². The highest BCUT2D eigenvalue weighted by Crippen LogP contribution is 2.08. The highest BCUT2D eigenvalue weighted by molar-refractivity contribution is 9.09. The third kappa shape index (κ3) is 271. The Morgan fingerprint density at radius 1 is 0.434 bits per heavy atom. The number of methoxy groups -OCH3 is 2. The lowest BCUT2D eigenvalue weighted by Gasteiger charge is -2.01. The fourth-order valence-electron chi connectivity index (χ4n) is 3.96. The van der Waals surface area contributed by atoms with E-state index in [4.69, 9.17) is 48.0 Å². The Morgan fingerprint density at radius 2 is 0.819 bits per heavy atom. The first-order chi connectivity index (χ1) is 40.3. The van der Waals surface area contributed by atoms with Gasteiger partial charge in [0.05, 0.1) is 13.3 Å². The van der Waals surface area contributed by atoms with Gasteiger partial charge in [0.1, 0.15) is 0 Å². The highest BCUT2D eigenvalue weighted by Gasteiger charge is 2.03. The molecule has 0 heterocycles. The first kappa shape index (κ1) is 99.5. The predicted octanol–water partition coefficient (Wildman–Crippen LogP) is 24.4. The van der Waals surface area contributed by atoms with Gasteiger partial charge in [-0.1, -0.05) is 235 Å². The van der Waals surface area contributed by atoms with E-state index in [2.05, 4.69) is 161 Å². The normalized spacial score (nSPS) is 11.4. The molecule has 0 radical (unpaired) electrons. The summed E-state index contributed by atoms with van der Waals surface area (Å²) in [5, 5.41) is 26.1. The summed E-state index contributed by atoms with van der Waals surface area (Å²) < 4.78 is 94.7. The second kappa shape index (κ2) is 107. The molecule has 0 atom stereocenters. The molecule has 524 valence electrons. The summed E-state index contributed by atoms with van der Waals surface area (Å²) in [6, 6.07) is 0. The Labute approximate surface area is 544 Å². The van der Waals surface area contributed by atoms with Crippen molar-refractivity contribution in [1.29, 1.82) is 0 Å². The van der Waals surface area contributed by atoms with E-state index in [0.29, 0.717) is 55.8 Å². The molecule has 12 heteroatoms. The van der Waals surface area contributed by atoms with E-state index in [1.165, 1.54) is 32.1 Å². The van der Waals surface area contributed by atoms with Crippen LogP contribution in [0.4, 0.5) is 17.6 Å². The third-order valence-electron chi connectivity index (χ3n) is 9.62. The maximum absolute atomic E-state index is 11.4. The Morgan fingerprint density at radius 3 is 0.904 bits per heavy atom. The molecule has 0 aromatic carbocycles. The maximum Gasteiger partial charge on any atom is 0.238 e. The molecule has 0 bridgehead atoms. The average Bonchev–Trinajstić information content (AvgIpc) is 3.37. The number of hydrogen-bond donors (Lipinski definition) is 3. The number of alkyl halides is 6. The molecule has 0 saturated heterocycles. The van der Waals surface area contributed by atoms with Crippen LogP contribution in [0.1, 0.15) is 304 Å². The quantitative estimate of drug-likeness (QED) is 0.0377. The molecule has 6 nitrogen and oxygen atoms in total. The number of aliphatic hydroxyl groups excluding tert-OH is 3. The minimum absolute atomic E-state index is 0.0278. The summed E-state index contributed by atoms with van der Waals surface area (Å²) in [5.74, 6) is 8.46. The minimum Gasteiger partial charge on any atom is -0.396 e. The van der Waals surface area contributed by atoms with Gasteiger partial charge in [-0.2, -0.15) is 0 Å². The van der Waals surface area contributed by atoms with Gasteiger partial charge in [0.2, 0.25) is 6.43 Å². The SMILES string of the molecule is CC(C)CC(F)F.CC(C)CCBr.CC(C)CCCCO.CC(C)CCCF.CC(C)CCCO.CC(C)CCCl.CC(C)CCF.CC(C)CCO.CCC(C)C.CCOCC(C)C.COCC(C)C.COCCC(C)C.[2H]C([2H])([2H])C([2H])([2H])C(C)C. The molecular weight excluding hydrogens is 1140 g/mol. The molecule has 0 aliphatic carbocycles. The zero-order valence-corrected chi connectivity index (χ0v) is 63.9. The van der Waals surface area contributed by atoms with E-state index in [1.54, 1.807) is 41.9 Å². The van der Waals surface area contributed by atoms with Crippen molar-refractivity contribution in [1.82, 2.24) is 0 Å². The smallest absolute Gasteiger partial charge is 0.238 e. The van der Waals surface area contributed by atoms with Gasteiger partial charge in [0, 0.05) is 85.0 Å². The van der Waals surface area contributed by atoms with Crippen LogP contribution in [0.15, 0.2) is 0 Å². The van der Waals surface area contributed by atoms with Crippen LogP contribution in [0.3, 0.4) is 0 Å². The Bertz CT molecular complexity index is 986. The Hall–Kier alpha value is 0.250. The second-order valence-electron chi connectivity index (χ2n) is 25.8. The summed E-state index contributed by atoms with van der Waals surface area (Å²) >= 11 is 8.75. The predicted molar refractivity (Wildman–Crippen MR) is 377 cm³/mol. The van der Waals surface area contributed by atoms with Gasteiger partial charge < -0.3 is 29.5 Å². The number of rotatable bonds is 30. The van der Waals surface area contributed by atoms with Gasteiger partial charge in [0.25, 0.3) is 0 Å². The highest BCUT2D eigenvalue weighted by atomic mass is 79.9. The van der Waals surface area contributed by atoms with Crippen molar-refractivity contribution in [3.8, 4) is 0 Å². The van der Waals surface area contributed by atoms with E-state index in [-0.39, 0.29) is 25.7 Å². The van der Waals surface area contributed by atoms with Gasteiger partial charge in [0.15, 0.2) is 0 Å². The third-order valence-corrected chi connectivity index (χ3v) is 10.3. The number of aliphatic hydroxyl groups is 3. The summed E-state index contributed by atoms with van der Waals surface area (Å²) in [4.78, 5) is 0. The summed E-state index contributed by atoms with van der Waals surface area (Å²) in [5.41, 5.74) is 0. The van der Waals surface area contributed by atoms with Gasteiger partial charge in [-0.05, 0) is 148 Å². The van der Waals surface area contributed by atoms with Crippen LogP contribution in [0.2, 0.25) is 0 Å². The summed E-state index contributed by atoms with van der Waals surface area (Å²) in [6.45, 7) is 60.0. The molecule has 0 amide bonds. The molecule has 0 fully saturated rings. The molecule has 0 rings (SSSR count). The summed E-state index contributed by atoms with van der Waals surface area (Å²) in [6.07, 6.45) is 9.65. The molecule has 0 unspecified atom stereocenters. The van der Waals surface area contributed by atoms with E-state index in [1.807, 2.05) is 20.8 Å². The molecular formula is C71H162BrClF4O6. The first-order valence-corrected chi connectivity index (χ1v) is 34.4. The van der Waals surface area contributed by atoms with Crippen molar-refractivity contribution in [2.24, 2.45) is 76.9 Å². The van der Waals surface area contributed by atoms with E-state index in [9.17, 15) is 17.6 Å². The lowest BCUT2D eigenvalue weighted by Crippen LogP contribution is -2.00. The largest absolute Gasteiger partial charge is 0.396 e. The molecule has 0 aliphatic heterocycles. The van der Waals surface area contributed by atoms with Crippen molar-refractivity contribution < 1.29 is 53.9 Å². The van der Waals surface area contributed by atoms with Gasteiger partial charge in [-0.15, -0.1) is 11.6 Å². The van der Waals surface area contributed by atoms with Crippen molar-refractivity contribution in [2.75, 3.05) is 85.0 Å². The lowest BCUT2D eigenvalue weighted by atomic mass is 10.1. The van der Waals surface area contributed by atoms with Crippen molar-refractivity contribution in [3.05, 3.63) is 0 Å². The van der Waals surface area contributed by atoms with Crippen LogP contribution in [0.25, 0.3) is 0 Å². The zero-order valence-electron chi connectivity index (χ0n) is 66.6. The van der Waals surface area contributed by atoms with Crippen LogP contribution in [0.5, 0.6) is 0 Å². The van der Waals surface area contributed by atoms with Crippen LogP contribution in [-0.4, -0.2) is 107 Å². The first-order valence-electron chi connectivity index (χ1n) is 35.2. The van der Waals surface area contributed by atoms with E-state index >= 15 is 0 Å². The fraction of sp³-hybridized carbons (Fsp3) is 1.00. The van der Waals surface area contributed by atoms with Crippen LogP contribution >= 0.6 is 27.5 Å². The number of halogens is 6. The average molecular weight is 1310 g/mol. The summed E-state index contributed by atoms with van der Waals surface area (Å²) in [7, 11) is 3.46. The monoisotopic (exact) mass is 1310 g/mol. The Balaban J connectivity index is -0.0000000632. The lowest BCUT2D eigenvalue weighted by molar-refractivity contribution is 0.121. The fourth-order valence-corrected chi connectivity index (χ4v) is 5.31. The van der Waals surface area contributed by atoms with Gasteiger partial charge >= 0.3 is 0 Å². The van der Waals surface area contributed by atoms with Crippen molar-refractivity contribution in [2.45, 2.75) is 303 Å². The van der Waals surface area contributed by atoms with Gasteiger partial charge in [-0.3, -0.25) is 8.78 Å². The molecule has 3 N–H and O–H groups in total. The Kier molecular flexibility index (Phi) is 128. The van der Waals surface area contributed by atoms with Gasteiger partial charge in [-0.25, -0.2) is 8.78 Å². The number of ether oxygens (including phenoxy) is 3. The molecule has 0 spiro atoms. The molecule has 0 saturated carbocycles. The van der Waals surface area contributed by atoms with E-state index < -0.39 is 25.6 Å². The van der Waals surface area contributed by atoms with Crippen molar-refractivity contribution >= 4 is 27.5 Å². The molecule has 0 aromatic rings.